The van der Waals surface area contributed by atoms with Crippen LogP contribution in [-0.4, -0.2) is 45.4 Å². The predicted molar refractivity (Wildman–Crippen MR) is 99.9 cm³/mol. The summed E-state index contributed by atoms with van der Waals surface area (Å²) in [7, 11) is -3.94. The van der Waals surface area contributed by atoms with E-state index in [9.17, 15) is 17.6 Å². The summed E-state index contributed by atoms with van der Waals surface area (Å²) < 4.78 is 42.8. The number of aryl methyl sites for hydroxylation is 2. The SMILES string of the molecule is O=c1cc2c(nn1CCNS(=O)(=O)c1ccc(F)c(-c3nn[nH]n3)c1)CCCC2. The summed E-state index contributed by atoms with van der Waals surface area (Å²) in [4.78, 5) is 12.0. The van der Waals surface area contributed by atoms with Crippen molar-refractivity contribution in [3.63, 3.8) is 0 Å². The molecule has 10 nitrogen and oxygen atoms in total. The molecular weight excluding hydrogens is 401 g/mol. The van der Waals surface area contributed by atoms with Crippen molar-refractivity contribution in [1.82, 2.24) is 35.1 Å². The first-order valence-electron chi connectivity index (χ1n) is 9.07. The molecule has 0 atom stereocenters. The largest absolute Gasteiger partial charge is 0.268 e. The Hall–Kier alpha value is -2.99. The first kappa shape index (κ1) is 19.3. The van der Waals surface area contributed by atoms with Crippen LogP contribution in [0.3, 0.4) is 0 Å². The molecule has 0 aliphatic heterocycles. The van der Waals surface area contributed by atoms with Gasteiger partial charge in [-0.25, -0.2) is 22.2 Å². The van der Waals surface area contributed by atoms with Gasteiger partial charge in [-0.3, -0.25) is 4.79 Å². The molecule has 0 fully saturated rings. The molecule has 0 spiro atoms. The number of rotatable bonds is 6. The van der Waals surface area contributed by atoms with Crippen molar-refractivity contribution >= 4 is 10.0 Å². The lowest BCUT2D eigenvalue weighted by Crippen LogP contribution is -2.33. The molecule has 29 heavy (non-hydrogen) atoms. The summed E-state index contributed by atoms with van der Waals surface area (Å²) in [5, 5.41) is 17.2. The van der Waals surface area contributed by atoms with Crippen molar-refractivity contribution in [3.05, 3.63) is 51.7 Å². The molecule has 0 amide bonds. The highest BCUT2D eigenvalue weighted by molar-refractivity contribution is 7.89. The average Bonchev–Trinajstić information content (AvgIpc) is 3.23. The molecule has 0 bridgehead atoms. The maximum atomic E-state index is 14.0. The molecule has 0 saturated heterocycles. The lowest BCUT2D eigenvalue weighted by Gasteiger charge is -2.16. The fourth-order valence-electron chi connectivity index (χ4n) is 3.25. The van der Waals surface area contributed by atoms with Crippen molar-refractivity contribution in [1.29, 1.82) is 0 Å². The summed E-state index contributed by atoms with van der Waals surface area (Å²) >= 11 is 0. The molecule has 0 unspecified atom stereocenters. The zero-order valence-electron chi connectivity index (χ0n) is 15.3. The number of nitrogens with zero attached hydrogens (tertiary/aromatic N) is 5. The molecule has 4 rings (SSSR count). The van der Waals surface area contributed by atoms with Gasteiger partial charge >= 0.3 is 0 Å². The zero-order chi connectivity index (χ0) is 20.4. The number of fused-ring (bicyclic) bond motifs is 1. The Kier molecular flexibility index (Phi) is 5.20. The van der Waals surface area contributed by atoms with Gasteiger partial charge in [0, 0.05) is 12.6 Å². The third-order valence-electron chi connectivity index (χ3n) is 4.72. The van der Waals surface area contributed by atoms with Crippen LogP contribution in [0.1, 0.15) is 24.1 Å². The third-order valence-corrected chi connectivity index (χ3v) is 6.18. The summed E-state index contributed by atoms with van der Waals surface area (Å²) in [5.74, 6) is -0.723. The predicted octanol–water partition coefficient (Wildman–Crippen LogP) is 0.420. The number of nitrogens with one attached hydrogen (secondary N) is 2. The second-order valence-corrected chi connectivity index (χ2v) is 8.43. The van der Waals surface area contributed by atoms with Gasteiger partial charge in [0.25, 0.3) is 5.56 Å². The summed E-state index contributed by atoms with van der Waals surface area (Å²) in [6.07, 6.45) is 3.73. The fraction of sp³-hybridized carbons (Fsp3) is 0.353. The number of tetrazole rings is 1. The Morgan fingerprint density at radius 1 is 1.21 bits per heavy atom. The van der Waals surface area contributed by atoms with Gasteiger partial charge in [-0.2, -0.15) is 10.3 Å². The third kappa shape index (κ3) is 4.07. The van der Waals surface area contributed by atoms with Gasteiger partial charge < -0.3 is 0 Å². The van der Waals surface area contributed by atoms with Crippen LogP contribution >= 0.6 is 0 Å². The van der Waals surface area contributed by atoms with Gasteiger partial charge in [-0.05, 0) is 54.7 Å². The minimum absolute atomic E-state index is 0.0387. The summed E-state index contributed by atoms with van der Waals surface area (Å²) in [6, 6.07) is 4.87. The first-order valence-corrected chi connectivity index (χ1v) is 10.6. The normalized spacial score (nSPS) is 14.0. The van der Waals surface area contributed by atoms with Crippen LogP contribution in [0.25, 0.3) is 11.4 Å². The molecule has 12 heteroatoms. The molecule has 152 valence electrons. The number of halogens is 1. The Morgan fingerprint density at radius 2 is 2.03 bits per heavy atom. The van der Waals surface area contributed by atoms with Gasteiger partial charge in [-0.15, -0.1) is 10.2 Å². The van der Waals surface area contributed by atoms with Crippen molar-refractivity contribution in [3.8, 4) is 11.4 Å². The molecule has 2 aromatic heterocycles. The van der Waals surface area contributed by atoms with Crippen LogP contribution in [0.2, 0.25) is 0 Å². The lowest BCUT2D eigenvalue weighted by molar-refractivity contribution is 0.526. The van der Waals surface area contributed by atoms with Crippen molar-refractivity contribution in [2.24, 2.45) is 0 Å². The highest BCUT2D eigenvalue weighted by Crippen LogP contribution is 2.22. The van der Waals surface area contributed by atoms with Crippen molar-refractivity contribution in [2.45, 2.75) is 37.1 Å². The van der Waals surface area contributed by atoms with Crippen LogP contribution in [0.4, 0.5) is 4.39 Å². The Balaban J connectivity index is 1.49. The standard InChI is InChI=1S/C17H18FN7O3S/c18-14-6-5-12(10-13(14)17-20-23-24-21-17)29(27,28)19-7-8-25-16(26)9-11-3-1-2-4-15(11)22-25/h5-6,9-10,19H,1-4,7-8H2,(H,20,21,23,24). The molecule has 0 saturated carbocycles. The molecule has 0 radical (unpaired) electrons. The van der Waals surface area contributed by atoms with Crippen LogP contribution < -0.4 is 10.3 Å². The molecule has 2 N–H and O–H groups in total. The Morgan fingerprint density at radius 3 is 2.83 bits per heavy atom. The number of aromatic amines is 1. The quantitative estimate of drug-likeness (QED) is 0.591. The second-order valence-electron chi connectivity index (χ2n) is 6.66. The number of sulfonamides is 1. The Labute approximate surface area is 165 Å². The Bertz CT molecular complexity index is 1190. The molecule has 1 aliphatic carbocycles. The topological polar surface area (TPSA) is 136 Å². The first-order chi connectivity index (χ1) is 13.9. The number of benzene rings is 1. The maximum absolute atomic E-state index is 14.0. The van der Waals surface area contributed by atoms with E-state index in [0.29, 0.717) is 0 Å². The van der Waals surface area contributed by atoms with E-state index in [1.165, 1.54) is 4.68 Å². The van der Waals surface area contributed by atoms with Gasteiger partial charge in [0.05, 0.1) is 22.7 Å². The van der Waals surface area contributed by atoms with Crippen LogP contribution in [0, 0.1) is 5.82 Å². The van der Waals surface area contributed by atoms with E-state index in [-0.39, 0.29) is 34.9 Å². The van der Waals surface area contributed by atoms with E-state index in [0.717, 1.165) is 55.1 Å². The van der Waals surface area contributed by atoms with E-state index >= 15 is 0 Å². The van der Waals surface area contributed by atoms with Crippen molar-refractivity contribution < 1.29 is 12.8 Å². The fourth-order valence-corrected chi connectivity index (χ4v) is 4.30. The minimum Gasteiger partial charge on any atom is -0.268 e. The van der Waals surface area contributed by atoms with Crippen molar-refractivity contribution in [2.75, 3.05) is 6.54 Å². The highest BCUT2D eigenvalue weighted by Gasteiger charge is 2.19. The van der Waals surface area contributed by atoms with E-state index < -0.39 is 15.8 Å². The molecule has 2 heterocycles. The summed E-state index contributed by atoms with van der Waals surface area (Å²) in [6.45, 7) is 0.0488. The summed E-state index contributed by atoms with van der Waals surface area (Å²) in [5.41, 5.74) is 1.51. The average molecular weight is 419 g/mol. The zero-order valence-corrected chi connectivity index (χ0v) is 16.1. The maximum Gasteiger partial charge on any atom is 0.267 e. The molecule has 1 aliphatic rings. The second kappa shape index (κ2) is 7.79. The van der Waals surface area contributed by atoms with Crippen LogP contribution in [-0.2, 0) is 29.4 Å². The van der Waals surface area contributed by atoms with E-state index in [1.54, 1.807) is 6.07 Å². The lowest BCUT2D eigenvalue weighted by atomic mass is 9.97. The van der Waals surface area contributed by atoms with Gasteiger partial charge in [0.2, 0.25) is 15.8 Å². The number of hydrogen-bond donors (Lipinski definition) is 2. The van der Waals surface area contributed by atoms with Gasteiger partial charge in [-0.1, -0.05) is 0 Å². The minimum atomic E-state index is -3.94. The van der Waals surface area contributed by atoms with E-state index in [2.05, 4.69) is 30.4 Å². The monoisotopic (exact) mass is 419 g/mol. The number of hydrogen-bond acceptors (Lipinski definition) is 7. The highest BCUT2D eigenvalue weighted by atomic mass is 32.2. The molecule has 1 aromatic carbocycles. The van der Waals surface area contributed by atoms with Gasteiger partial charge in [0.1, 0.15) is 5.82 Å². The molecular formula is C17H18FN7O3S. The van der Waals surface area contributed by atoms with Crippen LogP contribution in [0.15, 0.2) is 34.0 Å². The van der Waals surface area contributed by atoms with E-state index in [4.69, 9.17) is 0 Å². The number of aromatic nitrogens is 6. The van der Waals surface area contributed by atoms with Crippen LogP contribution in [0.5, 0.6) is 0 Å². The van der Waals surface area contributed by atoms with E-state index in [1.807, 2.05) is 0 Å². The molecule has 3 aromatic rings. The smallest absolute Gasteiger partial charge is 0.267 e. The number of H-pyrrole nitrogens is 1. The van der Waals surface area contributed by atoms with Gasteiger partial charge in [0.15, 0.2) is 0 Å².